The van der Waals surface area contributed by atoms with Gasteiger partial charge in [0.2, 0.25) is 0 Å². The molecule has 2 N–H and O–H groups in total. The number of nitrogens with zero attached hydrogens (tertiary/aromatic N) is 1. The lowest BCUT2D eigenvalue weighted by molar-refractivity contribution is -0.141. The van der Waals surface area contributed by atoms with Gasteiger partial charge in [0, 0.05) is 6.54 Å². The predicted octanol–water partition coefficient (Wildman–Crippen LogP) is 2.90. The van der Waals surface area contributed by atoms with Crippen molar-refractivity contribution in [2.45, 2.75) is 26.4 Å². The highest BCUT2D eigenvalue weighted by atomic mass is 19.4. The highest BCUT2D eigenvalue weighted by molar-refractivity contribution is 5.74. The molecule has 1 aromatic rings. The molecule has 0 aliphatic carbocycles. The molecule has 21 heavy (non-hydrogen) atoms. The highest BCUT2D eigenvalue weighted by Gasteiger charge is 2.31. The molecule has 0 atom stereocenters. The molecule has 0 unspecified atom stereocenters. The molecule has 1 aromatic heterocycles. The average Bonchev–Trinajstić information content (AvgIpc) is 2.42. The van der Waals surface area contributed by atoms with Crippen LogP contribution in [0.4, 0.5) is 24.8 Å². The molecular weight excluding hydrogens is 287 g/mol. The van der Waals surface area contributed by atoms with Crippen LogP contribution in [0.25, 0.3) is 0 Å². The van der Waals surface area contributed by atoms with Crippen molar-refractivity contribution in [2.75, 3.05) is 30.3 Å². The van der Waals surface area contributed by atoms with Gasteiger partial charge in [0.05, 0.1) is 12.2 Å². The van der Waals surface area contributed by atoms with Gasteiger partial charge in [0.15, 0.2) is 0 Å². The molecule has 0 spiro atoms. The zero-order valence-electron chi connectivity index (χ0n) is 11.9. The monoisotopic (exact) mass is 305 g/mol. The minimum absolute atomic E-state index is 0.0310. The van der Waals surface area contributed by atoms with Gasteiger partial charge in [0.1, 0.15) is 18.2 Å². The van der Waals surface area contributed by atoms with E-state index in [0.29, 0.717) is 6.54 Å². The number of hydrogen-bond acceptors (Lipinski definition) is 5. The lowest BCUT2D eigenvalue weighted by Crippen LogP contribution is -2.18. The molecule has 8 heteroatoms. The van der Waals surface area contributed by atoms with Gasteiger partial charge >= 0.3 is 12.1 Å². The van der Waals surface area contributed by atoms with Gasteiger partial charge in [-0.2, -0.15) is 13.2 Å². The van der Waals surface area contributed by atoms with Crippen LogP contribution in [0.5, 0.6) is 0 Å². The van der Waals surface area contributed by atoms with E-state index < -0.39 is 17.7 Å². The lowest BCUT2D eigenvalue weighted by Gasteiger charge is -2.13. The smallest absolute Gasteiger partial charge is 0.416 e. The number of aromatic nitrogens is 1. The molecule has 5 nitrogen and oxygen atoms in total. The summed E-state index contributed by atoms with van der Waals surface area (Å²) in [4.78, 5) is 15.2. The fourth-order valence-corrected chi connectivity index (χ4v) is 1.50. The van der Waals surface area contributed by atoms with Gasteiger partial charge in [-0.05, 0) is 25.5 Å². The minimum atomic E-state index is -4.48. The fourth-order valence-electron chi connectivity index (χ4n) is 1.50. The zero-order chi connectivity index (χ0) is 15.9. The molecule has 0 aliphatic rings. The van der Waals surface area contributed by atoms with Crippen molar-refractivity contribution in [1.29, 1.82) is 0 Å². The quantitative estimate of drug-likeness (QED) is 0.758. The number of esters is 1. The van der Waals surface area contributed by atoms with E-state index in [1.807, 2.05) is 6.92 Å². The van der Waals surface area contributed by atoms with E-state index >= 15 is 0 Å². The topological polar surface area (TPSA) is 63.2 Å². The molecule has 0 aliphatic heterocycles. The number of anilines is 2. The van der Waals surface area contributed by atoms with Gasteiger partial charge in [0.25, 0.3) is 0 Å². The molecule has 0 bridgehead atoms. The second-order valence-corrected chi connectivity index (χ2v) is 4.21. The zero-order valence-corrected chi connectivity index (χ0v) is 11.9. The Bertz CT molecular complexity index is 478. The Kier molecular flexibility index (Phi) is 6.26. The van der Waals surface area contributed by atoms with Crippen molar-refractivity contribution in [3.63, 3.8) is 0 Å². The summed E-state index contributed by atoms with van der Waals surface area (Å²) in [5.41, 5.74) is -0.831. The predicted molar refractivity (Wildman–Crippen MR) is 73.1 cm³/mol. The molecule has 0 saturated heterocycles. The molecule has 0 fully saturated rings. The maximum atomic E-state index is 12.8. The first kappa shape index (κ1) is 17.1. The summed E-state index contributed by atoms with van der Waals surface area (Å²) in [6.45, 7) is 4.01. The number of carbonyl (C=O) groups excluding carboxylic acids is 1. The van der Waals surface area contributed by atoms with Crippen LogP contribution in [0.2, 0.25) is 0 Å². The Balaban J connectivity index is 2.88. The number of nitrogens with one attached hydrogen (secondary N) is 2. The van der Waals surface area contributed by atoms with Crippen LogP contribution in [0.1, 0.15) is 25.8 Å². The first-order valence-corrected chi connectivity index (χ1v) is 6.59. The second kappa shape index (κ2) is 7.70. The average molecular weight is 305 g/mol. The number of hydrogen-bond donors (Lipinski definition) is 2. The molecule has 0 radical (unpaired) electrons. The van der Waals surface area contributed by atoms with Gasteiger partial charge in [-0.1, -0.05) is 6.92 Å². The van der Waals surface area contributed by atoms with Crippen molar-refractivity contribution < 1.29 is 22.7 Å². The summed E-state index contributed by atoms with van der Waals surface area (Å²) in [7, 11) is 0. The Morgan fingerprint density at radius 1 is 1.24 bits per heavy atom. The summed E-state index contributed by atoms with van der Waals surface area (Å²) in [5, 5.41) is 5.33. The van der Waals surface area contributed by atoms with E-state index in [0.717, 1.165) is 18.6 Å². The first-order valence-electron chi connectivity index (χ1n) is 6.59. The minimum Gasteiger partial charge on any atom is -0.465 e. The van der Waals surface area contributed by atoms with Crippen molar-refractivity contribution in [3.05, 3.63) is 17.7 Å². The third-order valence-corrected chi connectivity index (χ3v) is 2.43. The Hall–Kier alpha value is -1.99. The second-order valence-electron chi connectivity index (χ2n) is 4.21. The van der Waals surface area contributed by atoms with Gasteiger partial charge in [-0.25, -0.2) is 4.98 Å². The Morgan fingerprint density at radius 2 is 1.86 bits per heavy atom. The summed E-state index contributed by atoms with van der Waals surface area (Å²) in [5.74, 6) is -0.478. The van der Waals surface area contributed by atoms with Crippen LogP contribution >= 0.6 is 0 Å². The van der Waals surface area contributed by atoms with E-state index in [4.69, 9.17) is 0 Å². The number of halogens is 3. The number of pyridine rings is 1. The van der Waals surface area contributed by atoms with Crippen LogP contribution in [0.3, 0.4) is 0 Å². The third-order valence-electron chi connectivity index (χ3n) is 2.43. The standard InChI is InChI=1S/C13H18F3N3O2/c1-3-5-17-10-6-9(13(14,15)16)7-11(19-10)18-8-12(20)21-4-2/h6-7H,3-5,8H2,1-2H3,(H2,17,18,19). The molecule has 0 aromatic carbocycles. The number of alkyl halides is 3. The van der Waals surface area contributed by atoms with Crippen LogP contribution < -0.4 is 10.6 Å². The Labute approximate surface area is 120 Å². The van der Waals surface area contributed by atoms with E-state index in [1.165, 1.54) is 0 Å². The maximum Gasteiger partial charge on any atom is 0.416 e. The van der Waals surface area contributed by atoms with Crippen molar-refractivity contribution in [2.24, 2.45) is 0 Å². The van der Waals surface area contributed by atoms with Crippen molar-refractivity contribution in [1.82, 2.24) is 4.98 Å². The summed E-state index contributed by atoms with van der Waals surface area (Å²) in [6, 6.07) is 1.79. The summed E-state index contributed by atoms with van der Waals surface area (Å²) >= 11 is 0. The first-order chi connectivity index (χ1) is 9.86. The highest BCUT2D eigenvalue weighted by Crippen LogP contribution is 2.32. The molecule has 1 heterocycles. The van der Waals surface area contributed by atoms with Crippen LogP contribution in [0.15, 0.2) is 12.1 Å². The summed E-state index contributed by atoms with van der Waals surface area (Å²) in [6.07, 6.45) is -3.73. The fraction of sp³-hybridized carbons (Fsp3) is 0.538. The molecule has 0 saturated carbocycles. The molecule has 1 rings (SSSR count). The third kappa shape index (κ3) is 5.88. The van der Waals surface area contributed by atoms with E-state index in [1.54, 1.807) is 6.92 Å². The van der Waals surface area contributed by atoms with Crippen LogP contribution in [-0.4, -0.2) is 30.6 Å². The number of carbonyl (C=O) groups is 1. The maximum absolute atomic E-state index is 12.8. The molecular formula is C13H18F3N3O2. The lowest BCUT2D eigenvalue weighted by atomic mass is 10.2. The molecule has 118 valence electrons. The van der Waals surface area contributed by atoms with E-state index in [2.05, 4.69) is 20.4 Å². The normalized spacial score (nSPS) is 11.1. The van der Waals surface area contributed by atoms with E-state index in [-0.39, 0.29) is 24.8 Å². The van der Waals surface area contributed by atoms with Crippen molar-refractivity contribution >= 4 is 17.6 Å². The molecule has 0 amide bonds. The van der Waals surface area contributed by atoms with Crippen molar-refractivity contribution in [3.8, 4) is 0 Å². The van der Waals surface area contributed by atoms with Crippen LogP contribution in [-0.2, 0) is 15.7 Å². The largest absolute Gasteiger partial charge is 0.465 e. The number of ether oxygens (including phenoxy) is 1. The van der Waals surface area contributed by atoms with Crippen LogP contribution in [0, 0.1) is 0 Å². The van der Waals surface area contributed by atoms with Gasteiger partial charge in [-0.15, -0.1) is 0 Å². The number of rotatable bonds is 7. The Morgan fingerprint density at radius 3 is 2.38 bits per heavy atom. The van der Waals surface area contributed by atoms with Gasteiger partial charge < -0.3 is 15.4 Å². The van der Waals surface area contributed by atoms with E-state index in [9.17, 15) is 18.0 Å². The van der Waals surface area contributed by atoms with Gasteiger partial charge in [-0.3, -0.25) is 4.79 Å². The summed E-state index contributed by atoms with van der Waals surface area (Å²) < 4.78 is 43.1. The SMILES string of the molecule is CCCNc1cc(C(F)(F)F)cc(NCC(=O)OCC)n1.